The number of carbonyl (C=O) groups excluding carboxylic acids is 2. The van der Waals surface area contributed by atoms with Crippen molar-refractivity contribution < 1.29 is 19.1 Å². The lowest BCUT2D eigenvalue weighted by Crippen LogP contribution is -2.28. The Hall–Kier alpha value is -2.31. The van der Waals surface area contributed by atoms with Crippen LogP contribution in [0.25, 0.3) is 0 Å². The van der Waals surface area contributed by atoms with Crippen molar-refractivity contribution in [3.8, 4) is 11.8 Å². The Morgan fingerprint density at radius 2 is 2.16 bits per heavy atom. The zero-order valence-electron chi connectivity index (χ0n) is 10.8. The van der Waals surface area contributed by atoms with Crippen molar-refractivity contribution in [1.82, 2.24) is 4.98 Å². The van der Waals surface area contributed by atoms with Crippen LogP contribution in [0, 0.1) is 5.92 Å². The maximum Gasteiger partial charge on any atom is 0.241 e. The average Bonchev–Trinajstić information content (AvgIpc) is 2.80. The first kappa shape index (κ1) is 13.1. The summed E-state index contributed by atoms with van der Waals surface area (Å²) >= 11 is 0. The highest BCUT2D eigenvalue weighted by atomic mass is 16.5. The molecule has 102 valence electrons. The second kappa shape index (κ2) is 5.13. The molecule has 0 spiro atoms. The van der Waals surface area contributed by atoms with Gasteiger partial charge in [-0.2, -0.15) is 4.98 Å². The molecule has 7 nitrogen and oxygen atoms in total. The van der Waals surface area contributed by atoms with E-state index in [9.17, 15) is 9.59 Å². The largest absolute Gasteiger partial charge is 0.481 e. The molecule has 2 amide bonds. The van der Waals surface area contributed by atoms with Gasteiger partial charge in [0.25, 0.3) is 0 Å². The van der Waals surface area contributed by atoms with Crippen molar-refractivity contribution in [1.29, 1.82) is 0 Å². The molecule has 0 saturated carbocycles. The second-order valence-corrected chi connectivity index (χ2v) is 4.19. The van der Waals surface area contributed by atoms with Crippen molar-refractivity contribution in [2.24, 2.45) is 11.7 Å². The summed E-state index contributed by atoms with van der Waals surface area (Å²) in [4.78, 5) is 28.6. The lowest BCUT2D eigenvalue weighted by atomic mass is 10.1. The SMILES string of the molecule is COc1ccc(N2CC(C(N)=O)CC2=O)c(OC)n1. The molecule has 2 heterocycles. The molecular weight excluding hydrogens is 250 g/mol. The molecule has 0 aliphatic carbocycles. The lowest BCUT2D eigenvalue weighted by Gasteiger charge is -2.18. The molecule has 1 aromatic rings. The fourth-order valence-electron chi connectivity index (χ4n) is 2.02. The maximum atomic E-state index is 11.9. The number of ether oxygens (including phenoxy) is 2. The third-order valence-corrected chi connectivity index (χ3v) is 3.04. The first-order valence-electron chi connectivity index (χ1n) is 5.75. The summed E-state index contributed by atoms with van der Waals surface area (Å²) in [6, 6.07) is 3.30. The van der Waals surface area contributed by atoms with Crippen LogP contribution in [0.5, 0.6) is 11.8 Å². The van der Waals surface area contributed by atoms with Gasteiger partial charge in [0.1, 0.15) is 5.69 Å². The van der Waals surface area contributed by atoms with Gasteiger partial charge in [-0.15, -0.1) is 0 Å². The summed E-state index contributed by atoms with van der Waals surface area (Å²) in [6.07, 6.45) is 0.116. The molecule has 7 heteroatoms. The fourth-order valence-corrected chi connectivity index (χ4v) is 2.02. The van der Waals surface area contributed by atoms with E-state index in [1.165, 1.54) is 19.1 Å². The fraction of sp³-hybridized carbons (Fsp3) is 0.417. The molecule has 2 rings (SSSR count). The minimum absolute atomic E-state index is 0.116. The first-order chi connectivity index (χ1) is 9.06. The Balaban J connectivity index is 2.31. The third-order valence-electron chi connectivity index (χ3n) is 3.04. The molecule has 1 fully saturated rings. The predicted molar refractivity (Wildman–Crippen MR) is 67.0 cm³/mol. The summed E-state index contributed by atoms with van der Waals surface area (Å²) in [6.45, 7) is 0.249. The van der Waals surface area contributed by atoms with Crippen LogP contribution in [-0.2, 0) is 9.59 Å². The number of rotatable bonds is 4. The molecule has 1 atom stereocenters. The summed E-state index contributed by atoms with van der Waals surface area (Å²) in [7, 11) is 2.95. The lowest BCUT2D eigenvalue weighted by molar-refractivity contribution is -0.123. The van der Waals surface area contributed by atoms with Gasteiger partial charge in [-0.05, 0) is 6.07 Å². The summed E-state index contributed by atoms with van der Waals surface area (Å²) < 4.78 is 10.1. The van der Waals surface area contributed by atoms with Crippen molar-refractivity contribution in [3.05, 3.63) is 12.1 Å². The Morgan fingerprint density at radius 1 is 1.42 bits per heavy atom. The van der Waals surface area contributed by atoms with E-state index in [0.29, 0.717) is 11.6 Å². The minimum atomic E-state index is -0.476. The van der Waals surface area contributed by atoms with Gasteiger partial charge >= 0.3 is 0 Å². The number of methoxy groups -OCH3 is 2. The van der Waals surface area contributed by atoms with E-state index in [0.717, 1.165) is 0 Å². The molecule has 1 saturated heterocycles. The zero-order chi connectivity index (χ0) is 14.0. The smallest absolute Gasteiger partial charge is 0.241 e. The Bertz CT molecular complexity index is 518. The van der Waals surface area contributed by atoms with Gasteiger partial charge in [-0.25, -0.2) is 0 Å². The van der Waals surface area contributed by atoms with Gasteiger partial charge in [-0.3, -0.25) is 9.59 Å². The van der Waals surface area contributed by atoms with E-state index < -0.39 is 11.8 Å². The quantitative estimate of drug-likeness (QED) is 0.822. The van der Waals surface area contributed by atoms with Gasteiger partial charge in [0.15, 0.2) is 0 Å². The minimum Gasteiger partial charge on any atom is -0.481 e. The van der Waals surface area contributed by atoms with E-state index in [-0.39, 0.29) is 24.8 Å². The first-order valence-corrected chi connectivity index (χ1v) is 5.75. The van der Waals surface area contributed by atoms with Crippen molar-refractivity contribution in [3.63, 3.8) is 0 Å². The van der Waals surface area contributed by atoms with Crippen LogP contribution < -0.4 is 20.1 Å². The molecule has 0 radical (unpaired) electrons. The molecule has 0 bridgehead atoms. The van der Waals surface area contributed by atoms with Gasteiger partial charge in [-0.1, -0.05) is 0 Å². The number of aromatic nitrogens is 1. The second-order valence-electron chi connectivity index (χ2n) is 4.19. The molecule has 2 N–H and O–H groups in total. The highest BCUT2D eigenvalue weighted by molar-refractivity contribution is 6.00. The van der Waals surface area contributed by atoms with E-state index >= 15 is 0 Å². The molecule has 1 unspecified atom stereocenters. The van der Waals surface area contributed by atoms with E-state index in [1.807, 2.05) is 0 Å². The van der Waals surface area contributed by atoms with Crippen molar-refractivity contribution >= 4 is 17.5 Å². The normalized spacial score (nSPS) is 18.5. The van der Waals surface area contributed by atoms with Crippen LogP contribution in [-0.4, -0.2) is 37.6 Å². The summed E-state index contributed by atoms with van der Waals surface area (Å²) in [5, 5.41) is 0. The highest BCUT2D eigenvalue weighted by Gasteiger charge is 2.35. The van der Waals surface area contributed by atoms with Crippen LogP contribution in [0.3, 0.4) is 0 Å². The maximum absolute atomic E-state index is 11.9. The number of hydrogen-bond donors (Lipinski definition) is 1. The summed E-state index contributed by atoms with van der Waals surface area (Å²) in [5.74, 6) is -0.457. The number of pyridine rings is 1. The van der Waals surface area contributed by atoms with Gasteiger partial charge in [0.05, 0.1) is 20.1 Å². The number of primary amides is 1. The van der Waals surface area contributed by atoms with E-state index in [2.05, 4.69) is 4.98 Å². The van der Waals surface area contributed by atoms with Gasteiger partial charge in [0, 0.05) is 19.0 Å². The number of nitrogens with zero attached hydrogens (tertiary/aromatic N) is 2. The Labute approximate surface area is 110 Å². The third kappa shape index (κ3) is 2.44. The molecule has 19 heavy (non-hydrogen) atoms. The predicted octanol–water partition coefficient (Wildman–Crippen LogP) is -0.0630. The molecule has 1 aromatic heterocycles. The van der Waals surface area contributed by atoms with Crippen LogP contribution in [0.15, 0.2) is 12.1 Å². The number of amides is 2. The monoisotopic (exact) mass is 265 g/mol. The van der Waals surface area contributed by atoms with Crippen LogP contribution >= 0.6 is 0 Å². The van der Waals surface area contributed by atoms with Gasteiger partial charge < -0.3 is 20.1 Å². The molecule has 0 aromatic carbocycles. The highest BCUT2D eigenvalue weighted by Crippen LogP contribution is 2.33. The Kier molecular flexibility index (Phi) is 3.55. The molecule has 1 aliphatic heterocycles. The van der Waals surface area contributed by atoms with Crippen LogP contribution in [0.1, 0.15) is 6.42 Å². The van der Waals surface area contributed by atoms with Gasteiger partial charge in [0.2, 0.25) is 23.6 Å². The van der Waals surface area contributed by atoms with E-state index in [4.69, 9.17) is 15.2 Å². The van der Waals surface area contributed by atoms with E-state index in [1.54, 1.807) is 12.1 Å². The number of hydrogen-bond acceptors (Lipinski definition) is 5. The van der Waals surface area contributed by atoms with Crippen LogP contribution in [0.4, 0.5) is 5.69 Å². The Morgan fingerprint density at radius 3 is 2.68 bits per heavy atom. The topological polar surface area (TPSA) is 94.8 Å². The zero-order valence-corrected chi connectivity index (χ0v) is 10.8. The standard InChI is InChI=1S/C12H15N3O4/c1-18-9-4-3-8(12(14-9)19-2)15-6-7(11(13)17)5-10(15)16/h3-4,7H,5-6H2,1-2H3,(H2,13,17). The van der Waals surface area contributed by atoms with Crippen LogP contribution in [0.2, 0.25) is 0 Å². The molecule has 1 aliphatic rings. The molecular formula is C12H15N3O4. The van der Waals surface area contributed by atoms with Crippen molar-refractivity contribution in [2.75, 3.05) is 25.7 Å². The average molecular weight is 265 g/mol. The summed E-state index contributed by atoms with van der Waals surface area (Å²) in [5.41, 5.74) is 5.74. The number of anilines is 1. The number of carbonyl (C=O) groups is 2. The number of nitrogens with two attached hydrogens (primary N) is 1. The van der Waals surface area contributed by atoms with Crippen molar-refractivity contribution in [2.45, 2.75) is 6.42 Å².